The molecule has 242 valence electrons. The van der Waals surface area contributed by atoms with E-state index >= 15 is 0 Å². The van der Waals surface area contributed by atoms with E-state index in [1.807, 2.05) is 66.4 Å². The van der Waals surface area contributed by atoms with Gasteiger partial charge in [-0.3, -0.25) is 24.3 Å². The van der Waals surface area contributed by atoms with Crippen LogP contribution in [0.25, 0.3) is 0 Å². The average Bonchev–Trinajstić information content (AvgIpc) is 3.07. The summed E-state index contributed by atoms with van der Waals surface area (Å²) in [6, 6.07) is 17.5. The zero-order valence-electron chi connectivity index (χ0n) is 26.4. The van der Waals surface area contributed by atoms with Crippen LogP contribution in [0.15, 0.2) is 67.0 Å². The van der Waals surface area contributed by atoms with Crippen molar-refractivity contribution in [1.29, 1.82) is 0 Å². The lowest BCUT2D eigenvalue weighted by molar-refractivity contribution is -0.137. The number of carbonyl (C=O) groups is 3. The van der Waals surface area contributed by atoms with Crippen molar-refractivity contribution in [2.24, 2.45) is 5.41 Å². The van der Waals surface area contributed by atoms with E-state index in [-0.39, 0.29) is 42.5 Å². The van der Waals surface area contributed by atoms with Crippen molar-refractivity contribution in [1.82, 2.24) is 14.8 Å². The van der Waals surface area contributed by atoms with Crippen molar-refractivity contribution in [3.8, 4) is 5.75 Å². The van der Waals surface area contributed by atoms with Crippen LogP contribution in [0.1, 0.15) is 48.7 Å². The molecule has 0 N–H and O–H groups in total. The predicted octanol–water partition coefficient (Wildman–Crippen LogP) is 5.25. The Kier molecular flexibility index (Phi) is 12.4. The maximum atomic E-state index is 13.2. The second kappa shape index (κ2) is 15.6. The molecule has 0 radical (unpaired) electrons. The van der Waals surface area contributed by atoms with Crippen molar-refractivity contribution in [2.45, 2.75) is 40.2 Å². The Morgan fingerprint density at radius 1 is 0.933 bits per heavy atom. The monoisotopic (exact) mass is 655 g/mol. The Hall–Kier alpha value is -3.66. The van der Waals surface area contributed by atoms with Gasteiger partial charge in [0, 0.05) is 70.3 Å². The van der Waals surface area contributed by atoms with E-state index in [0.717, 1.165) is 50.1 Å². The molecule has 0 saturated heterocycles. The van der Waals surface area contributed by atoms with Gasteiger partial charge in [-0.25, -0.2) is 0 Å². The van der Waals surface area contributed by atoms with Crippen molar-refractivity contribution < 1.29 is 19.1 Å². The lowest BCUT2D eigenvalue weighted by Crippen LogP contribution is -2.47. The number of hydrogen-bond acceptors (Lipinski definition) is 6. The van der Waals surface area contributed by atoms with E-state index in [4.69, 9.17) is 4.74 Å². The van der Waals surface area contributed by atoms with Crippen molar-refractivity contribution in [2.75, 3.05) is 56.2 Å². The maximum Gasteiger partial charge on any atom is 0.254 e. The summed E-state index contributed by atoms with van der Waals surface area (Å²) in [6.45, 7) is 9.91. The summed E-state index contributed by atoms with van der Waals surface area (Å²) in [5, 5.41) is 0. The van der Waals surface area contributed by atoms with Crippen molar-refractivity contribution in [3.05, 3.63) is 83.7 Å². The third-order valence-electron chi connectivity index (χ3n) is 8.45. The molecule has 3 amide bonds. The van der Waals surface area contributed by atoms with Gasteiger partial charge in [-0.1, -0.05) is 18.2 Å². The van der Waals surface area contributed by atoms with Gasteiger partial charge in [-0.05, 0) is 75.1 Å². The van der Waals surface area contributed by atoms with Crippen LogP contribution in [0.4, 0.5) is 11.4 Å². The van der Waals surface area contributed by atoms with Gasteiger partial charge in [0.1, 0.15) is 11.2 Å². The number of anilines is 2. The van der Waals surface area contributed by atoms with Crippen LogP contribution in [0.3, 0.4) is 0 Å². The molecule has 5 rings (SSSR count). The van der Waals surface area contributed by atoms with Crippen LogP contribution in [0, 0.1) is 5.41 Å². The summed E-state index contributed by atoms with van der Waals surface area (Å²) < 4.78 is 6.15. The Bertz CT molecular complexity index is 1490. The number of pyridine rings is 1. The van der Waals surface area contributed by atoms with Crippen LogP contribution in [0.5, 0.6) is 5.75 Å². The molecule has 0 aliphatic carbocycles. The van der Waals surface area contributed by atoms with Crippen LogP contribution in [0.2, 0.25) is 0 Å². The smallest absolute Gasteiger partial charge is 0.254 e. The number of halogens is 2. The van der Waals surface area contributed by atoms with Crippen LogP contribution in [-0.2, 0) is 22.6 Å². The standard InChI is InChI=1S/C34H41N5O4.2ClH/c1-5-39-29-12-11-27(23-30(29)36(4)32(41)34(2,3)33(39)42)43-22-8-18-37(24-25-13-16-35-17-14-25)20-21-38-19-15-26-9-6-7-10-28(26)31(38)40;;/h6-7,9-14,16-17,23H,5,8,15,18-22,24H2,1-4H3;2*1H. The largest absolute Gasteiger partial charge is 0.493 e. The minimum Gasteiger partial charge on any atom is -0.493 e. The number of amides is 3. The van der Waals surface area contributed by atoms with Gasteiger partial charge in [0.15, 0.2) is 0 Å². The molecule has 0 atom stereocenters. The fourth-order valence-corrected chi connectivity index (χ4v) is 5.92. The molecule has 11 heteroatoms. The molecule has 2 aliphatic rings. The zero-order chi connectivity index (χ0) is 30.6. The number of fused-ring (bicyclic) bond motifs is 2. The molecule has 45 heavy (non-hydrogen) atoms. The number of rotatable bonds is 11. The Morgan fingerprint density at radius 3 is 2.40 bits per heavy atom. The second-order valence-corrected chi connectivity index (χ2v) is 11.7. The first-order chi connectivity index (χ1) is 20.7. The minimum atomic E-state index is -1.15. The Morgan fingerprint density at radius 2 is 1.67 bits per heavy atom. The Balaban J connectivity index is 0.00000276. The Labute approximate surface area is 278 Å². The summed E-state index contributed by atoms with van der Waals surface area (Å²) in [5.41, 5.74) is 3.33. The topological polar surface area (TPSA) is 86.3 Å². The maximum absolute atomic E-state index is 13.2. The molecule has 0 saturated carbocycles. The van der Waals surface area contributed by atoms with E-state index in [2.05, 4.69) is 9.88 Å². The fourth-order valence-electron chi connectivity index (χ4n) is 5.92. The van der Waals surface area contributed by atoms with Gasteiger partial charge in [0.2, 0.25) is 11.8 Å². The molecular weight excluding hydrogens is 613 g/mol. The second-order valence-electron chi connectivity index (χ2n) is 11.7. The highest BCUT2D eigenvalue weighted by Crippen LogP contribution is 2.40. The minimum absolute atomic E-state index is 0. The van der Waals surface area contributed by atoms with Crippen LogP contribution >= 0.6 is 24.8 Å². The third-order valence-corrected chi connectivity index (χ3v) is 8.45. The first kappa shape index (κ1) is 35.8. The summed E-state index contributed by atoms with van der Waals surface area (Å²) in [5.74, 6) is 0.311. The number of carbonyl (C=O) groups excluding carboxylic acids is 3. The highest BCUT2D eigenvalue weighted by Gasteiger charge is 2.45. The van der Waals surface area contributed by atoms with Gasteiger partial charge in [-0.2, -0.15) is 0 Å². The molecule has 0 fully saturated rings. The van der Waals surface area contributed by atoms with Crippen molar-refractivity contribution in [3.63, 3.8) is 0 Å². The highest BCUT2D eigenvalue weighted by molar-refractivity contribution is 6.20. The van der Waals surface area contributed by atoms with Crippen molar-refractivity contribution >= 4 is 53.9 Å². The zero-order valence-corrected chi connectivity index (χ0v) is 28.0. The molecule has 0 spiro atoms. The third kappa shape index (κ3) is 7.77. The summed E-state index contributed by atoms with van der Waals surface area (Å²) in [4.78, 5) is 51.1. The number of ether oxygens (including phenoxy) is 1. The fraction of sp³-hybridized carbons (Fsp3) is 0.412. The summed E-state index contributed by atoms with van der Waals surface area (Å²) in [6.07, 6.45) is 5.26. The SMILES string of the molecule is CCN1C(=O)C(C)(C)C(=O)N(C)c2cc(OCCCN(CCN3CCc4ccccc4C3=O)Cc3ccncc3)ccc21.Cl.Cl. The first-order valence-corrected chi connectivity index (χ1v) is 15.1. The molecule has 3 aromatic rings. The normalized spacial score (nSPS) is 15.6. The molecular formula is C34H43Cl2N5O4. The lowest BCUT2D eigenvalue weighted by Gasteiger charge is -2.31. The number of aromatic nitrogens is 1. The van der Waals surface area contributed by atoms with E-state index in [1.54, 1.807) is 43.1 Å². The van der Waals surface area contributed by atoms with Gasteiger partial charge in [-0.15, -0.1) is 24.8 Å². The van der Waals surface area contributed by atoms with E-state index < -0.39 is 5.41 Å². The molecule has 2 aliphatic heterocycles. The molecule has 0 unspecified atom stereocenters. The van der Waals surface area contributed by atoms with Gasteiger partial charge >= 0.3 is 0 Å². The first-order valence-electron chi connectivity index (χ1n) is 15.1. The summed E-state index contributed by atoms with van der Waals surface area (Å²) >= 11 is 0. The van der Waals surface area contributed by atoms with Gasteiger partial charge < -0.3 is 19.4 Å². The van der Waals surface area contributed by atoms with E-state index in [9.17, 15) is 14.4 Å². The molecule has 2 aromatic carbocycles. The molecule has 3 heterocycles. The summed E-state index contributed by atoms with van der Waals surface area (Å²) in [7, 11) is 1.71. The van der Waals surface area contributed by atoms with Crippen LogP contribution in [-0.4, -0.2) is 78.9 Å². The number of benzene rings is 2. The molecule has 1 aromatic heterocycles. The average molecular weight is 657 g/mol. The predicted molar refractivity (Wildman–Crippen MR) is 182 cm³/mol. The molecule has 9 nitrogen and oxygen atoms in total. The van der Waals surface area contributed by atoms with Crippen LogP contribution < -0.4 is 14.5 Å². The van der Waals surface area contributed by atoms with E-state index in [1.165, 1.54) is 5.56 Å². The highest BCUT2D eigenvalue weighted by atomic mass is 35.5. The number of hydrogen-bond donors (Lipinski definition) is 0. The van der Waals surface area contributed by atoms with E-state index in [0.29, 0.717) is 36.8 Å². The quantitative estimate of drug-likeness (QED) is 0.207. The molecule has 0 bridgehead atoms. The lowest BCUT2D eigenvalue weighted by atomic mass is 9.90. The van der Waals surface area contributed by atoms with Gasteiger partial charge in [0.25, 0.3) is 5.91 Å². The van der Waals surface area contributed by atoms with Gasteiger partial charge in [0.05, 0.1) is 18.0 Å². The number of nitrogens with zero attached hydrogens (tertiary/aromatic N) is 5.